The maximum atomic E-state index is 12.3. The van der Waals surface area contributed by atoms with Gasteiger partial charge >= 0.3 is 12.0 Å². The fourth-order valence-electron chi connectivity index (χ4n) is 1.90. The van der Waals surface area contributed by atoms with Crippen LogP contribution in [0.1, 0.15) is 40.0 Å². The van der Waals surface area contributed by atoms with Crippen LogP contribution in [0.5, 0.6) is 0 Å². The minimum absolute atomic E-state index is 0.0136. The van der Waals surface area contributed by atoms with E-state index in [-0.39, 0.29) is 24.5 Å². The lowest BCUT2D eigenvalue weighted by Crippen LogP contribution is -2.51. The summed E-state index contributed by atoms with van der Waals surface area (Å²) in [7, 11) is 1.79. The molecule has 0 heterocycles. The van der Waals surface area contributed by atoms with Crippen molar-refractivity contribution in [1.82, 2.24) is 9.80 Å². The molecule has 0 bridgehead atoms. The van der Waals surface area contributed by atoms with Crippen LogP contribution in [0.25, 0.3) is 0 Å². The molecule has 0 aromatic rings. The molecule has 5 nitrogen and oxygen atoms in total. The van der Waals surface area contributed by atoms with Crippen molar-refractivity contribution in [2.75, 3.05) is 20.1 Å². The average molecular weight is 256 g/mol. The quantitative estimate of drug-likeness (QED) is 0.818. The van der Waals surface area contributed by atoms with Crippen molar-refractivity contribution >= 4 is 12.0 Å². The third-order valence-corrected chi connectivity index (χ3v) is 3.15. The molecule has 1 aliphatic carbocycles. The molecule has 104 valence electrons. The normalized spacial score (nSPS) is 15.3. The van der Waals surface area contributed by atoms with E-state index in [0.29, 0.717) is 5.92 Å². The zero-order chi connectivity index (χ0) is 13.9. The first-order valence-electron chi connectivity index (χ1n) is 6.46. The molecule has 0 spiro atoms. The van der Waals surface area contributed by atoms with Crippen molar-refractivity contribution in [2.45, 2.75) is 45.6 Å². The second-order valence-corrected chi connectivity index (χ2v) is 6.07. The number of aliphatic carboxylic acids is 1. The maximum absolute atomic E-state index is 12.3. The molecule has 0 radical (unpaired) electrons. The molecule has 0 atom stereocenters. The van der Waals surface area contributed by atoms with Gasteiger partial charge in [0.25, 0.3) is 0 Å². The highest BCUT2D eigenvalue weighted by Gasteiger charge is 2.31. The van der Waals surface area contributed by atoms with Gasteiger partial charge in [-0.15, -0.1) is 0 Å². The number of hydrogen-bond donors (Lipinski definition) is 1. The number of carbonyl (C=O) groups excluding carboxylic acids is 1. The van der Waals surface area contributed by atoms with Gasteiger partial charge in [-0.1, -0.05) is 0 Å². The third kappa shape index (κ3) is 4.55. The predicted octanol–water partition coefficient (Wildman–Crippen LogP) is 2.02. The highest BCUT2D eigenvalue weighted by atomic mass is 16.4. The van der Waals surface area contributed by atoms with Crippen LogP contribution < -0.4 is 0 Å². The highest BCUT2D eigenvalue weighted by molar-refractivity contribution is 5.76. The summed E-state index contributed by atoms with van der Waals surface area (Å²) in [5, 5.41) is 8.75. The van der Waals surface area contributed by atoms with Gasteiger partial charge in [0.15, 0.2) is 0 Å². The number of amides is 2. The maximum Gasteiger partial charge on any atom is 0.320 e. The van der Waals surface area contributed by atoms with Gasteiger partial charge < -0.3 is 14.9 Å². The summed E-state index contributed by atoms with van der Waals surface area (Å²) in [6.07, 6.45) is 2.38. The topological polar surface area (TPSA) is 60.9 Å². The van der Waals surface area contributed by atoms with Crippen LogP contribution in [0, 0.1) is 5.92 Å². The van der Waals surface area contributed by atoms with Gasteiger partial charge in [0.2, 0.25) is 0 Å². The molecule has 0 saturated heterocycles. The Morgan fingerprint density at radius 3 is 2.22 bits per heavy atom. The molecule has 0 aromatic carbocycles. The molecular weight excluding hydrogens is 232 g/mol. The van der Waals surface area contributed by atoms with Crippen LogP contribution >= 0.6 is 0 Å². The van der Waals surface area contributed by atoms with Crippen LogP contribution in [0.2, 0.25) is 0 Å². The Morgan fingerprint density at radius 1 is 1.28 bits per heavy atom. The predicted molar refractivity (Wildman–Crippen MR) is 69.5 cm³/mol. The highest BCUT2D eigenvalue weighted by Crippen LogP contribution is 2.30. The number of nitrogens with zero attached hydrogens (tertiary/aromatic N) is 2. The minimum atomic E-state index is -0.873. The van der Waals surface area contributed by atoms with Crippen LogP contribution in [-0.4, -0.2) is 52.6 Å². The lowest BCUT2D eigenvalue weighted by atomic mass is 10.1. The Bertz CT molecular complexity index is 319. The Hall–Kier alpha value is -1.26. The first-order chi connectivity index (χ1) is 8.21. The summed E-state index contributed by atoms with van der Waals surface area (Å²) in [5.74, 6) is -0.234. The summed E-state index contributed by atoms with van der Waals surface area (Å²) in [4.78, 5) is 26.3. The fourth-order valence-corrected chi connectivity index (χ4v) is 1.90. The molecule has 1 N–H and O–H groups in total. The molecule has 2 amide bonds. The van der Waals surface area contributed by atoms with Crippen LogP contribution in [0.4, 0.5) is 4.79 Å². The molecule has 5 heteroatoms. The van der Waals surface area contributed by atoms with Gasteiger partial charge in [-0.25, -0.2) is 4.79 Å². The van der Waals surface area contributed by atoms with Crippen molar-refractivity contribution in [2.24, 2.45) is 5.92 Å². The summed E-state index contributed by atoms with van der Waals surface area (Å²) in [5.41, 5.74) is -0.357. The summed E-state index contributed by atoms with van der Waals surface area (Å²) >= 11 is 0. The first-order valence-corrected chi connectivity index (χ1v) is 6.46. The van der Waals surface area contributed by atoms with Gasteiger partial charge in [0, 0.05) is 25.7 Å². The second kappa shape index (κ2) is 5.59. The van der Waals surface area contributed by atoms with E-state index < -0.39 is 5.97 Å². The molecule has 1 rings (SSSR count). The fraction of sp³-hybridized carbons (Fsp3) is 0.846. The zero-order valence-corrected chi connectivity index (χ0v) is 11.8. The van der Waals surface area contributed by atoms with E-state index in [9.17, 15) is 9.59 Å². The van der Waals surface area contributed by atoms with E-state index >= 15 is 0 Å². The summed E-state index contributed by atoms with van der Waals surface area (Å²) in [6, 6.07) is -0.0735. The average Bonchev–Trinajstić information content (AvgIpc) is 2.98. The lowest BCUT2D eigenvalue weighted by molar-refractivity contribution is -0.137. The molecule has 1 aliphatic rings. The molecule has 0 unspecified atom stereocenters. The number of carbonyl (C=O) groups is 2. The van der Waals surface area contributed by atoms with E-state index in [0.717, 1.165) is 6.54 Å². The molecule has 1 fully saturated rings. The molecule has 0 aromatic heterocycles. The number of carboxylic acids is 1. The summed E-state index contributed by atoms with van der Waals surface area (Å²) < 4.78 is 0. The van der Waals surface area contributed by atoms with Crippen LogP contribution in [-0.2, 0) is 4.79 Å². The van der Waals surface area contributed by atoms with Crippen molar-refractivity contribution in [3.63, 3.8) is 0 Å². The monoisotopic (exact) mass is 256 g/mol. The van der Waals surface area contributed by atoms with Crippen molar-refractivity contribution in [1.29, 1.82) is 0 Å². The van der Waals surface area contributed by atoms with Gasteiger partial charge in [-0.2, -0.15) is 0 Å². The van der Waals surface area contributed by atoms with Gasteiger partial charge in [-0.3, -0.25) is 4.79 Å². The van der Waals surface area contributed by atoms with Gasteiger partial charge in [-0.05, 0) is 39.5 Å². The van der Waals surface area contributed by atoms with Gasteiger partial charge in [0.05, 0.1) is 6.42 Å². The number of rotatable bonds is 5. The molecular formula is C13H24N2O3. The lowest BCUT2D eigenvalue weighted by Gasteiger charge is -2.38. The minimum Gasteiger partial charge on any atom is -0.481 e. The number of urea groups is 1. The Balaban J connectivity index is 2.61. The van der Waals surface area contributed by atoms with Crippen LogP contribution in [0.3, 0.4) is 0 Å². The van der Waals surface area contributed by atoms with E-state index in [1.807, 2.05) is 20.8 Å². The Kier molecular flexibility index (Phi) is 4.59. The molecule has 1 saturated carbocycles. The Morgan fingerprint density at radius 2 is 1.83 bits per heavy atom. The third-order valence-electron chi connectivity index (χ3n) is 3.15. The largest absolute Gasteiger partial charge is 0.481 e. The van der Waals surface area contributed by atoms with E-state index in [2.05, 4.69) is 0 Å². The first kappa shape index (κ1) is 14.8. The zero-order valence-electron chi connectivity index (χ0n) is 11.8. The van der Waals surface area contributed by atoms with E-state index in [4.69, 9.17) is 5.11 Å². The number of carboxylic acid groups (broad SMARTS) is 1. The van der Waals surface area contributed by atoms with Crippen LogP contribution in [0.15, 0.2) is 0 Å². The van der Waals surface area contributed by atoms with E-state index in [1.54, 1.807) is 16.8 Å². The molecule has 0 aliphatic heterocycles. The van der Waals surface area contributed by atoms with Gasteiger partial charge in [0.1, 0.15) is 0 Å². The second-order valence-electron chi connectivity index (χ2n) is 6.07. The number of hydrogen-bond acceptors (Lipinski definition) is 2. The summed E-state index contributed by atoms with van der Waals surface area (Å²) in [6.45, 7) is 6.82. The molecule has 18 heavy (non-hydrogen) atoms. The van der Waals surface area contributed by atoms with Crippen molar-refractivity contribution in [3.8, 4) is 0 Å². The SMILES string of the molecule is CN(CC1CC1)C(=O)N(CCC(=O)O)C(C)(C)C. The van der Waals surface area contributed by atoms with Crippen molar-refractivity contribution < 1.29 is 14.7 Å². The van der Waals surface area contributed by atoms with E-state index in [1.165, 1.54) is 12.8 Å². The standard InChI is InChI=1S/C13H24N2O3/c1-13(2,3)15(8-7-11(16)17)12(18)14(4)9-10-5-6-10/h10H,5-9H2,1-4H3,(H,16,17). The van der Waals surface area contributed by atoms with Crippen molar-refractivity contribution in [3.05, 3.63) is 0 Å². The smallest absolute Gasteiger partial charge is 0.320 e. The Labute approximate surface area is 109 Å².